The van der Waals surface area contributed by atoms with E-state index in [0.717, 1.165) is 22.2 Å². The first kappa shape index (κ1) is 15.1. The number of fused-ring (bicyclic) bond motifs is 1. The van der Waals surface area contributed by atoms with Crippen molar-refractivity contribution in [3.05, 3.63) is 75.8 Å². The lowest BCUT2D eigenvalue weighted by atomic mass is 9.98. The Kier molecular flexibility index (Phi) is 4.21. The second-order valence-corrected chi connectivity index (χ2v) is 6.95. The molecule has 2 aromatic carbocycles. The van der Waals surface area contributed by atoms with Gasteiger partial charge in [-0.05, 0) is 49.6 Å². The minimum absolute atomic E-state index is 0.251. The van der Waals surface area contributed by atoms with Crippen molar-refractivity contribution in [3.63, 3.8) is 0 Å². The first-order chi connectivity index (χ1) is 10.5. The van der Waals surface area contributed by atoms with Gasteiger partial charge in [-0.25, -0.2) is 0 Å². The zero-order chi connectivity index (χ0) is 15.6. The average molecular weight is 355 g/mol. The molecule has 0 radical (unpaired) electrons. The molecule has 0 fully saturated rings. The maximum atomic E-state index is 6.17. The molecule has 3 rings (SSSR count). The summed E-state index contributed by atoms with van der Waals surface area (Å²) in [6.07, 6.45) is 9.43. The predicted octanol–water partition coefficient (Wildman–Crippen LogP) is 5.89. The van der Waals surface area contributed by atoms with Crippen LogP contribution in [-0.2, 0) is 6.42 Å². The van der Waals surface area contributed by atoms with Crippen LogP contribution in [0.25, 0.3) is 12.2 Å². The molecule has 1 nitrogen and oxygen atoms in total. The van der Waals surface area contributed by atoms with Crippen LogP contribution in [0.5, 0.6) is 5.75 Å². The van der Waals surface area contributed by atoms with E-state index in [1.165, 1.54) is 11.1 Å². The van der Waals surface area contributed by atoms with E-state index in [1.54, 1.807) is 0 Å². The average Bonchev–Trinajstić information content (AvgIpc) is 2.48. The first-order valence-corrected chi connectivity index (χ1v) is 8.25. The van der Waals surface area contributed by atoms with Gasteiger partial charge in [0.05, 0.1) is 0 Å². The zero-order valence-corrected chi connectivity index (χ0v) is 14.4. The third kappa shape index (κ3) is 3.50. The molecular formula is C20H19BrO. The largest absolute Gasteiger partial charge is 0.483 e. The Balaban J connectivity index is 1.87. The summed E-state index contributed by atoms with van der Waals surface area (Å²) >= 11 is 3.59. The lowest BCUT2D eigenvalue weighted by Gasteiger charge is -2.29. The van der Waals surface area contributed by atoms with Crippen molar-refractivity contribution in [3.8, 4) is 5.75 Å². The summed E-state index contributed by atoms with van der Waals surface area (Å²) in [5.41, 5.74) is 3.30. The highest BCUT2D eigenvalue weighted by molar-refractivity contribution is 9.10. The van der Waals surface area contributed by atoms with Crippen LogP contribution in [0.3, 0.4) is 0 Å². The van der Waals surface area contributed by atoms with Crippen LogP contribution in [0.1, 0.15) is 30.5 Å². The van der Waals surface area contributed by atoms with Gasteiger partial charge in [-0.1, -0.05) is 64.5 Å². The van der Waals surface area contributed by atoms with E-state index < -0.39 is 0 Å². The smallest absolute Gasteiger partial charge is 0.131 e. The fraction of sp³-hybridized carbons (Fsp3) is 0.200. The minimum atomic E-state index is -0.251. The summed E-state index contributed by atoms with van der Waals surface area (Å²) < 4.78 is 7.25. The molecule has 0 spiro atoms. The van der Waals surface area contributed by atoms with Gasteiger partial charge in [0.1, 0.15) is 11.4 Å². The number of hydrogen-bond acceptors (Lipinski definition) is 1. The van der Waals surface area contributed by atoms with Crippen molar-refractivity contribution >= 4 is 28.1 Å². The molecule has 0 amide bonds. The van der Waals surface area contributed by atoms with Gasteiger partial charge in [0.2, 0.25) is 0 Å². The molecule has 0 N–H and O–H groups in total. The Bertz CT molecular complexity index is 727. The standard InChI is InChI=1S/C20H19BrO/c1-20(2)12-11-17-14-18(21)13-16(19(17)22-20)10-6-9-15-7-4-3-5-8-15/h3-9,11-14H,10H2,1-2H3/b9-6+. The highest BCUT2D eigenvalue weighted by atomic mass is 79.9. The normalized spacial score (nSPS) is 15.6. The maximum Gasteiger partial charge on any atom is 0.131 e. The molecule has 22 heavy (non-hydrogen) atoms. The fourth-order valence-corrected chi connectivity index (χ4v) is 3.07. The summed E-state index contributed by atoms with van der Waals surface area (Å²) in [5, 5.41) is 0. The van der Waals surface area contributed by atoms with Gasteiger partial charge in [-0.3, -0.25) is 0 Å². The highest BCUT2D eigenvalue weighted by Gasteiger charge is 2.23. The van der Waals surface area contributed by atoms with Gasteiger partial charge in [-0.15, -0.1) is 0 Å². The van der Waals surface area contributed by atoms with Gasteiger partial charge in [0.25, 0.3) is 0 Å². The summed E-state index contributed by atoms with van der Waals surface area (Å²) in [6, 6.07) is 14.6. The van der Waals surface area contributed by atoms with E-state index >= 15 is 0 Å². The topological polar surface area (TPSA) is 9.23 Å². The lowest BCUT2D eigenvalue weighted by Crippen LogP contribution is -2.28. The lowest BCUT2D eigenvalue weighted by molar-refractivity contribution is 0.157. The monoisotopic (exact) mass is 354 g/mol. The van der Waals surface area contributed by atoms with Crippen molar-refractivity contribution < 1.29 is 4.74 Å². The molecule has 1 aliphatic rings. The van der Waals surface area contributed by atoms with Crippen LogP contribution < -0.4 is 4.74 Å². The first-order valence-electron chi connectivity index (χ1n) is 7.46. The molecule has 1 aliphatic heterocycles. The van der Waals surface area contributed by atoms with Crippen molar-refractivity contribution in [2.75, 3.05) is 0 Å². The van der Waals surface area contributed by atoms with E-state index in [0.29, 0.717) is 0 Å². The van der Waals surface area contributed by atoms with Crippen LogP contribution in [0, 0.1) is 0 Å². The van der Waals surface area contributed by atoms with Crippen LogP contribution >= 0.6 is 15.9 Å². The second-order valence-electron chi connectivity index (χ2n) is 6.04. The summed E-state index contributed by atoms with van der Waals surface area (Å²) in [4.78, 5) is 0. The fourth-order valence-electron chi connectivity index (χ4n) is 2.55. The van der Waals surface area contributed by atoms with Gasteiger partial charge in [0.15, 0.2) is 0 Å². The van der Waals surface area contributed by atoms with E-state index in [2.05, 4.69) is 90.5 Å². The quantitative estimate of drug-likeness (QED) is 0.667. The number of halogens is 1. The van der Waals surface area contributed by atoms with Crippen LogP contribution in [0.15, 0.2) is 59.1 Å². The van der Waals surface area contributed by atoms with E-state index in [9.17, 15) is 0 Å². The minimum Gasteiger partial charge on any atom is -0.483 e. The Morgan fingerprint density at radius 1 is 1.14 bits per heavy atom. The Labute approximate surface area is 140 Å². The number of benzene rings is 2. The molecule has 0 saturated carbocycles. The highest BCUT2D eigenvalue weighted by Crippen LogP contribution is 2.36. The number of allylic oxidation sites excluding steroid dienone is 1. The van der Waals surface area contributed by atoms with Crippen molar-refractivity contribution in [2.24, 2.45) is 0 Å². The van der Waals surface area contributed by atoms with Gasteiger partial charge >= 0.3 is 0 Å². The Hall–Kier alpha value is -1.80. The Morgan fingerprint density at radius 3 is 2.68 bits per heavy atom. The summed E-state index contributed by atoms with van der Waals surface area (Å²) in [6.45, 7) is 4.16. The molecule has 2 aromatic rings. The molecule has 0 aliphatic carbocycles. The molecular weight excluding hydrogens is 336 g/mol. The van der Waals surface area contributed by atoms with Crippen molar-refractivity contribution in [2.45, 2.75) is 25.9 Å². The molecule has 2 heteroatoms. The molecule has 0 saturated heterocycles. The molecule has 0 aromatic heterocycles. The van der Waals surface area contributed by atoms with E-state index in [4.69, 9.17) is 4.74 Å². The zero-order valence-electron chi connectivity index (χ0n) is 12.8. The van der Waals surface area contributed by atoms with Crippen LogP contribution in [-0.4, -0.2) is 5.60 Å². The van der Waals surface area contributed by atoms with Gasteiger partial charge in [0, 0.05) is 10.0 Å². The third-order valence-electron chi connectivity index (χ3n) is 3.64. The van der Waals surface area contributed by atoms with E-state index in [-0.39, 0.29) is 5.60 Å². The second kappa shape index (κ2) is 6.13. The SMILES string of the molecule is CC1(C)C=Cc2cc(Br)cc(C/C=C/c3ccccc3)c2O1. The summed E-state index contributed by atoms with van der Waals surface area (Å²) in [5.74, 6) is 0.994. The molecule has 0 bridgehead atoms. The number of ether oxygens (including phenoxy) is 1. The van der Waals surface area contributed by atoms with Crippen LogP contribution in [0.4, 0.5) is 0 Å². The maximum absolute atomic E-state index is 6.17. The Morgan fingerprint density at radius 2 is 1.91 bits per heavy atom. The molecule has 0 atom stereocenters. The number of rotatable bonds is 3. The van der Waals surface area contributed by atoms with Crippen molar-refractivity contribution in [1.29, 1.82) is 0 Å². The third-order valence-corrected chi connectivity index (χ3v) is 4.09. The summed E-state index contributed by atoms with van der Waals surface area (Å²) in [7, 11) is 0. The van der Waals surface area contributed by atoms with Crippen molar-refractivity contribution in [1.82, 2.24) is 0 Å². The number of hydrogen-bond donors (Lipinski definition) is 0. The van der Waals surface area contributed by atoms with Crippen LogP contribution in [0.2, 0.25) is 0 Å². The molecule has 1 heterocycles. The van der Waals surface area contributed by atoms with E-state index in [1.807, 2.05) is 6.07 Å². The molecule has 0 unspecified atom stereocenters. The molecule has 112 valence electrons. The van der Waals surface area contributed by atoms with Gasteiger partial charge < -0.3 is 4.74 Å². The van der Waals surface area contributed by atoms with Gasteiger partial charge in [-0.2, -0.15) is 0 Å². The predicted molar refractivity (Wildman–Crippen MR) is 97.1 cm³/mol.